The van der Waals surface area contributed by atoms with Gasteiger partial charge in [0.2, 0.25) is 0 Å². The second-order valence-electron chi connectivity index (χ2n) is 2.06. The monoisotopic (exact) mass is 182 g/mol. The summed E-state index contributed by atoms with van der Waals surface area (Å²) in [6, 6.07) is 10.3. The molecule has 3 heteroatoms. The van der Waals surface area contributed by atoms with Gasteiger partial charge in [0.15, 0.2) is 0 Å². The molecule has 0 aliphatic carbocycles. The SMILES string of the molecule is C=CCc1ccccc1.O=PO. The van der Waals surface area contributed by atoms with E-state index < -0.39 is 8.69 Å². The van der Waals surface area contributed by atoms with Crippen LogP contribution in [0.1, 0.15) is 5.56 Å². The molecule has 0 saturated heterocycles. The van der Waals surface area contributed by atoms with Crippen LogP contribution in [-0.2, 0) is 11.0 Å². The van der Waals surface area contributed by atoms with Crippen molar-refractivity contribution in [1.29, 1.82) is 0 Å². The minimum atomic E-state index is -0.833. The van der Waals surface area contributed by atoms with Gasteiger partial charge in [0, 0.05) is 0 Å². The minimum absolute atomic E-state index is 0.833. The smallest absolute Gasteiger partial charge is 0.310 e. The van der Waals surface area contributed by atoms with Crippen molar-refractivity contribution in [2.75, 3.05) is 0 Å². The highest BCUT2D eigenvalue weighted by Gasteiger charge is 1.82. The fourth-order valence-corrected chi connectivity index (χ4v) is 0.781. The summed E-state index contributed by atoms with van der Waals surface area (Å²) in [5.74, 6) is 0. The first-order valence-electron chi connectivity index (χ1n) is 3.46. The lowest BCUT2D eigenvalue weighted by molar-refractivity contribution is 0.524. The number of allylic oxidation sites excluding steroid dienone is 1. The summed E-state index contributed by atoms with van der Waals surface area (Å²) in [4.78, 5) is 6.99. The van der Waals surface area contributed by atoms with Gasteiger partial charge in [0.25, 0.3) is 0 Å². The highest BCUT2D eigenvalue weighted by Crippen LogP contribution is 1.98. The molecule has 0 fully saturated rings. The second-order valence-corrected chi connectivity index (χ2v) is 2.22. The summed E-state index contributed by atoms with van der Waals surface area (Å²) in [5.41, 5.74) is 1.33. The average Bonchev–Trinajstić information content (AvgIpc) is 2.08. The molecule has 0 bridgehead atoms. The van der Waals surface area contributed by atoms with Crippen molar-refractivity contribution >= 4 is 8.69 Å². The van der Waals surface area contributed by atoms with E-state index in [2.05, 4.69) is 18.7 Å². The van der Waals surface area contributed by atoms with Crippen LogP contribution < -0.4 is 0 Å². The molecule has 0 unspecified atom stereocenters. The molecule has 1 N–H and O–H groups in total. The summed E-state index contributed by atoms with van der Waals surface area (Å²) in [5, 5.41) is 0. The maximum absolute atomic E-state index is 8.46. The molecular formula is C9H11O2P. The zero-order chi connectivity index (χ0) is 9.23. The van der Waals surface area contributed by atoms with Crippen molar-refractivity contribution in [3.8, 4) is 0 Å². The third kappa shape index (κ3) is 5.78. The van der Waals surface area contributed by atoms with Crippen LogP contribution >= 0.6 is 8.69 Å². The van der Waals surface area contributed by atoms with Gasteiger partial charge in [-0.25, -0.2) is 4.57 Å². The van der Waals surface area contributed by atoms with Crippen LogP contribution in [0, 0.1) is 0 Å². The molecular weight excluding hydrogens is 171 g/mol. The number of rotatable bonds is 2. The predicted molar refractivity (Wildman–Crippen MR) is 50.2 cm³/mol. The number of hydrogen-bond acceptors (Lipinski definition) is 1. The van der Waals surface area contributed by atoms with Gasteiger partial charge in [-0.05, 0) is 12.0 Å². The maximum Gasteiger partial charge on any atom is 0.324 e. The molecule has 0 aromatic heterocycles. The quantitative estimate of drug-likeness (QED) is 0.563. The molecule has 0 heterocycles. The lowest BCUT2D eigenvalue weighted by Crippen LogP contribution is -1.75. The zero-order valence-electron chi connectivity index (χ0n) is 6.68. The van der Waals surface area contributed by atoms with Crippen LogP contribution in [-0.4, -0.2) is 4.89 Å². The van der Waals surface area contributed by atoms with Gasteiger partial charge < -0.3 is 4.89 Å². The molecule has 1 rings (SSSR count). The molecule has 1 aromatic rings. The van der Waals surface area contributed by atoms with Gasteiger partial charge in [-0.1, -0.05) is 36.4 Å². The fourth-order valence-electron chi connectivity index (χ4n) is 0.781. The van der Waals surface area contributed by atoms with E-state index >= 15 is 0 Å². The average molecular weight is 182 g/mol. The van der Waals surface area contributed by atoms with Crippen LogP contribution in [0.15, 0.2) is 43.0 Å². The summed E-state index contributed by atoms with van der Waals surface area (Å²) in [7, 11) is -0.833. The summed E-state index contributed by atoms with van der Waals surface area (Å²) in [6.45, 7) is 3.66. The van der Waals surface area contributed by atoms with Crippen LogP contribution in [0.2, 0.25) is 0 Å². The van der Waals surface area contributed by atoms with Crippen LogP contribution in [0.25, 0.3) is 0 Å². The second kappa shape index (κ2) is 8.12. The Labute approximate surface area is 73.8 Å². The zero-order valence-corrected chi connectivity index (χ0v) is 7.58. The van der Waals surface area contributed by atoms with Gasteiger partial charge in [-0.3, -0.25) is 0 Å². The lowest BCUT2D eigenvalue weighted by atomic mass is 10.2. The molecule has 0 radical (unpaired) electrons. The molecule has 0 saturated carbocycles. The Hall–Kier alpha value is -0.980. The molecule has 64 valence electrons. The van der Waals surface area contributed by atoms with E-state index in [-0.39, 0.29) is 0 Å². The van der Waals surface area contributed by atoms with Gasteiger partial charge in [-0.2, -0.15) is 0 Å². The van der Waals surface area contributed by atoms with E-state index in [4.69, 9.17) is 9.46 Å². The number of hydrogen-bond donors (Lipinski definition) is 1. The first-order chi connectivity index (χ1) is 5.85. The highest BCUT2D eigenvalue weighted by atomic mass is 31.1. The Morgan fingerprint density at radius 3 is 2.33 bits per heavy atom. The van der Waals surface area contributed by atoms with Crippen molar-refractivity contribution in [2.45, 2.75) is 6.42 Å². The van der Waals surface area contributed by atoms with Crippen LogP contribution in [0.4, 0.5) is 0 Å². The topological polar surface area (TPSA) is 37.3 Å². The van der Waals surface area contributed by atoms with Crippen molar-refractivity contribution in [3.63, 3.8) is 0 Å². The minimum Gasteiger partial charge on any atom is -0.310 e. The Balaban J connectivity index is 0.000000354. The first-order valence-corrected chi connectivity index (χ1v) is 4.23. The van der Waals surface area contributed by atoms with E-state index in [1.165, 1.54) is 5.56 Å². The third-order valence-electron chi connectivity index (χ3n) is 1.22. The van der Waals surface area contributed by atoms with Gasteiger partial charge in [0.1, 0.15) is 0 Å². The fraction of sp³-hybridized carbons (Fsp3) is 0.111. The van der Waals surface area contributed by atoms with E-state index in [1.807, 2.05) is 24.3 Å². The van der Waals surface area contributed by atoms with Gasteiger partial charge in [-0.15, -0.1) is 6.58 Å². The Morgan fingerprint density at radius 1 is 1.42 bits per heavy atom. The molecule has 0 aliphatic rings. The molecule has 0 spiro atoms. The Kier molecular flexibility index (Phi) is 7.46. The molecule has 0 atom stereocenters. The summed E-state index contributed by atoms with van der Waals surface area (Å²) < 4.78 is 8.46. The van der Waals surface area contributed by atoms with E-state index in [0.717, 1.165) is 6.42 Å². The van der Waals surface area contributed by atoms with Crippen molar-refractivity contribution in [3.05, 3.63) is 48.6 Å². The highest BCUT2D eigenvalue weighted by molar-refractivity contribution is 7.16. The van der Waals surface area contributed by atoms with E-state index in [9.17, 15) is 0 Å². The standard InChI is InChI=1S/C9H10.HO2P/c1-2-6-9-7-4-3-5-8-9;1-3-2/h2-5,7-8H,1,6H2;(H,1,2). The third-order valence-corrected chi connectivity index (χ3v) is 1.22. The lowest BCUT2D eigenvalue weighted by Gasteiger charge is -1.91. The van der Waals surface area contributed by atoms with Gasteiger partial charge in [0.05, 0.1) is 0 Å². The molecule has 0 amide bonds. The van der Waals surface area contributed by atoms with E-state index in [0.29, 0.717) is 0 Å². The van der Waals surface area contributed by atoms with E-state index in [1.54, 1.807) is 0 Å². The first kappa shape index (κ1) is 11.0. The van der Waals surface area contributed by atoms with Crippen molar-refractivity contribution in [1.82, 2.24) is 0 Å². The normalized spacial score (nSPS) is 8.42. The molecule has 2 nitrogen and oxygen atoms in total. The molecule has 12 heavy (non-hydrogen) atoms. The predicted octanol–water partition coefficient (Wildman–Crippen LogP) is 2.60. The van der Waals surface area contributed by atoms with Crippen molar-refractivity contribution < 1.29 is 9.46 Å². The van der Waals surface area contributed by atoms with Crippen molar-refractivity contribution in [2.24, 2.45) is 0 Å². The Morgan fingerprint density at radius 2 is 1.92 bits per heavy atom. The molecule has 1 aromatic carbocycles. The van der Waals surface area contributed by atoms with Crippen LogP contribution in [0.3, 0.4) is 0 Å². The maximum atomic E-state index is 8.46. The molecule has 0 aliphatic heterocycles. The largest absolute Gasteiger partial charge is 0.324 e. The summed E-state index contributed by atoms with van der Waals surface area (Å²) >= 11 is 0. The Bertz CT molecular complexity index is 221. The summed E-state index contributed by atoms with van der Waals surface area (Å²) in [6.07, 6.45) is 2.89. The van der Waals surface area contributed by atoms with Crippen LogP contribution in [0.5, 0.6) is 0 Å². The van der Waals surface area contributed by atoms with Gasteiger partial charge >= 0.3 is 8.69 Å². The number of benzene rings is 1.